The third-order valence-electron chi connectivity index (χ3n) is 3.68. The topological polar surface area (TPSA) is 114 Å². The average Bonchev–Trinajstić information content (AvgIpc) is 2.93. The number of furan rings is 1. The van der Waals surface area contributed by atoms with Crippen molar-refractivity contribution in [2.45, 2.75) is 37.5 Å². The maximum absolute atomic E-state index is 12.4. The van der Waals surface area contributed by atoms with Crippen molar-refractivity contribution >= 4 is 21.7 Å². The van der Waals surface area contributed by atoms with Gasteiger partial charge in [0.1, 0.15) is 17.1 Å². The predicted molar refractivity (Wildman–Crippen MR) is 90.3 cm³/mol. The van der Waals surface area contributed by atoms with Crippen molar-refractivity contribution in [3.63, 3.8) is 0 Å². The van der Waals surface area contributed by atoms with Gasteiger partial charge in [-0.05, 0) is 39.0 Å². The molecule has 7 nitrogen and oxygen atoms in total. The highest BCUT2D eigenvalue weighted by molar-refractivity contribution is 7.92. The molecular weight excluding hydrogens is 346 g/mol. The summed E-state index contributed by atoms with van der Waals surface area (Å²) in [6, 6.07) is 7.29. The summed E-state index contributed by atoms with van der Waals surface area (Å²) in [5.41, 5.74) is 0.0602. The zero-order valence-corrected chi connectivity index (χ0v) is 14.9. The Morgan fingerprint density at radius 2 is 1.84 bits per heavy atom. The summed E-state index contributed by atoms with van der Waals surface area (Å²) in [4.78, 5) is 23.4. The molecule has 8 heteroatoms. The number of nitrogens with one attached hydrogen (secondary N) is 1. The summed E-state index contributed by atoms with van der Waals surface area (Å²) >= 11 is 0. The number of hydrogen-bond acceptors (Lipinski definition) is 5. The summed E-state index contributed by atoms with van der Waals surface area (Å²) in [5, 5.41) is 10.9. The van der Waals surface area contributed by atoms with E-state index in [1.807, 2.05) is 0 Å². The maximum Gasteiger partial charge on any atom is 0.339 e. The Labute approximate surface area is 145 Å². The van der Waals surface area contributed by atoms with Gasteiger partial charge in [0, 0.05) is 0 Å². The highest BCUT2D eigenvalue weighted by Gasteiger charge is 2.25. The van der Waals surface area contributed by atoms with Crippen LogP contribution in [-0.2, 0) is 16.4 Å². The van der Waals surface area contributed by atoms with Crippen LogP contribution < -0.4 is 5.32 Å². The molecule has 1 amide bonds. The summed E-state index contributed by atoms with van der Waals surface area (Å²) in [6.07, 6.45) is 0. The van der Waals surface area contributed by atoms with Gasteiger partial charge in [0.2, 0.25) is 0 Å². The fourth-order valence-corrected chi connectivity index (χ4v) is 3.51. The Hall–Kier alpha value is -2.61. The highest BCUT2D eigenvalue weighted by atomic mass is 32.2. The lowest BCUT2D eigenvalue weighted by molar-refractivity contribution is 0.0694. The number of rotatable bonds is 6. The molecule has 134 valence electrons. The van der Waals surface area contributed by atoms with Crippen LogP contribution in [0.5, 0.6) is 0 Å². The fraction of sp³-hybridized carbons (Fsp3) is 0.294. The molecule has 0 aliphatic carbocycles. The summed E-state index contributed by atoms with van der Waals surface area (Å²) in [6.45, 7) is 4.55. The Kier molecular flexibility index (Phi) is 5.32. The summed E-state index contributed by atoms with van der Waals surface area (Å²) in [5.74, 6) is -1.19. The van der Waals surface area contributed by atoms with Crippen LogP contribution in [0.4, 0.5) is 0 Å². The number of aromatic carboxylic acids is 1. The Morgan fingerprint density at radius 3 is 2.40 bits per heavy atom. The Morgan fingerprint density at radius 1 is 1.20 bits per heavy atom. The van der Waals surface area contributed by atoms with Crippen molar-refractivity contribution in [2.24, 2.45) is 0 Å². The van der Waals surface area contributed by atoms with Gasteiger partial charge in [0.15, 0.2) is 9.84 Å². The van der Waals surface area contributed by atoms with Crippen molar-refractivity contribution < 1.29 is 27.5 Å². The number of amides is 1. The van der Waals surface area contributed by atoms with Gasteiger partial charge in [-0.3, -0.25) is 4.79 Å². The van der Waals surface area contributed by atoms with E-state index < -0.39 is 27.0 Å². The van der Waals surface area contributed by atoms with Crippen LogP contribution in [-0.4, -0.2) is 30.7 Å². The minimum absolute atomic E-state index is 0.0204. The molecule has 0 radical (unpaired) electrons. The molecule has 1 aromatic heterocycles. The van der Waals surface area contributed by atoms with Crippen LogP contribution in [0.3, 0.4) is 0 Å². The monoisotopic (exact) mass is 365 g/mol. The van der Waals surface area contributed by atoms with Gasteiger partial charge in [-0.2, -0.15) is 0 Å². The molecule has 0 fully saturated rings. The third-order valence-corrected chi connectivity index (χ3v) is 5.89. The molecular formula is C17H19NO6S. The molecule has 2 rings (SSSR count). The molecule has 25 heavy (non-hydrogen) atoms. The zero-order valence-electron chi connectivity index (χ0n) is 14.1. The molecule has 0 aliphatic heterocycles. The standard InChI is InChI=1S/C17H19NO6S/c1-10(2)25(22,23)15-7-5-4-6-13(15)16(19)18-9-12-8-14(17(20)21)11(3)24-12/h4-8,10H,9H2,1-3H3,(H,18,19)(H,20,21). The van der Waals surface area contributed by atoms with Gasteiger partial charge in [0.05, 0.1) is 22.3 Å². The first-order valence-electron chi connectivity index (χ1n) is 7.58. The summed E-state index contributed by atoms with van der Waals surface area (Å²) in [7, 11) is -3.61. The van der Waals surface area contributed by atoms with Gasteiger partial charge in [-0.25, -0.2) is 13.2 Å². The van der Waals surface area contributed by atoms with Gasteiger partial charge in [-0.15, -0.1) is 0 Å². The Balaban J connectivity index is 2.23. The van der Waals surface area contributed by atoms with Gasteiger partial charge in [-0.1, -0.05) is 12.1 Å². The molecule has 0 spiro atoms. The first-order chi connectivity index (χ1) is 11.6. The molecule has 0 atom stereocenters. The fourth-order valence-electron chi connectivity index (χ4n) is 2.26. The number of carboxylic acid groups (broad SMARTS) is 1. The van der Waals surface area contributed by atoms with Crippen LogP contribution in [0, 0.1) is 6.92 Å². The van der Waals surface area contributed by atoms with Crippen molar-refractivity contribution in [3.8, 4) is 0 Å². The first-order valence-corrected chi connectivity index (χ1v) is 9.13. The molecule has 2 N–H and O–H groups in total. The molecule has 1 heterocycles. The van der Waals surface area contributed by atoms with Crippen molar-refractivity contribution in [1.82, 2.24) is 5.32 Å². The quantitative estimate of drug-likeness (QED) is 0.812. The van der Waals surface area contributed by atoms with E-state index in [0.29, 0.717) is 0 Å². The predicted octanol–water partition coefficient (Wildman–Crippen LogP) is 2.40. The number of hydrogen-bond donors (Lipinski definition) is 2. The number of sulfone groups is 1. The van der Waals surface area contributed by atoms with Crippen molar-refractivity contribution in [2.75, 3.05) is 0 Å². The third kappa shape index (κ3) is 3.90. The molecule has 0 saturated heterocycles. The lowest BCUT2D eigenvalue weighted by atomic mass is 10.2. The first kappa shape index (κ1) is 18.7. The second kappa shape index (κ2) is 7.10. The van der Waals surface area contributed by atoms with E-state index in [-0.39, 0.29) is 34.1 Å². The van der Waals surface area contributed by atoms with Gasteiger partial charge >= 0.3 is 5.97 Å². The van der Waals surface area contributed by atoms with E-state index in [4.69, 9.17) is 9.52 Å². The van der Waals surface area contributed by atoms with Crippen molar-refractivity contribution in [3.05, 3.63) is 53.0 Å². The smallest absolute Gasteiger partial charge is 0.339 e. The van der Waals surface area contributed by atoms with Crippen LogP contribution >= 0.6 is 0 Å². The minimum Gasteiger partial charge on any atom is -0.478 e. The largest absolute Gasteiger partial charge is 0.478 e. The van der Waals surface area contributed by atoms with E-state index in [1.165, 1.54) is 25.1 Å². The van der Waals surface area contributed by atoms with E-state index >= 15 is 0 Å². The van der Waals surface area contributed by atoms with E-state index in [2.05, 4.69) is 5.32 Å². The van der Waals surface area contributed by atoms with Crippen LogP contribution in [0.1, 0.15) is 46.1 Å². The number of aryl methyl sites for hydroxylation is 1. The van der Waals surface area contributed by atoms with Crippen LogP contribution in [0.25, 0.3) is 0 Å². The summed E-state index contributed by atoms with van der Waals surface area (Å²) < 4.78 is 30.1. The molecule has 0 unspecified atom stereocenters. The van der Waals surface area contributed by atoms with Crippen LogP contribution in [0.15, 0.2) is 39.6 Å². The molecule has 0 bridgehead atoms. The number of carbonyl (C=O) groups is 2. The number of carbonyl (C=O) groups excluding carboxylic acids is 1. The van der Waals surface area contributed by atoms with E-state index in [0.717, 1.165) is 0 Å². The lowest BCUT2D eigenvalue weighted by Crippen LogP contribution is -2.26. The molecule has 1 aromatic carbocycles. The second-order valence-electron chi connectivity index (χ2n) is 5.76. The number of benzene rings is 1. The van der Waals surface area contributed by atoms with E-state index in [9.17, 15) is 18.0 Å². The SMILES string of the molecule is Cc1oc(CNC(=O)c2ccccc2S(=O)(=O)C(C)C)cc1C(=O)O. The zero-order chi connectivity index (χ0) is 18.8. The molecule has 0 aliphatic rings. The van der Waals surface area contributed by atoms with Gasteiger partial charge < -0.3 is 14.8 Å². The lowest BCUT2D eigenvalue weighted by Gasteiger charge is -2.12. The average molecular weight is 365 g/mol. The second-order valence-corrected chi connectivity index (χ2v) is 8.23. The normalized spacial score (nSPS) is 11.5. The van der Waals surface area contributed by atoms with Crippen molar-refractivity contribution in [1.29, 1.82) is 0 Å². The highest BCUT2D eigenvalue weighted by Crippen LogP contribution is 2.21. The Bertz CT molecular complexity index is 911. The molecule has 0 saturated carbocycles. The molecule has 2 aromatic rings. The number of carboxylic acids is 1. The maximum atomic E-state index is 12.4. The van der Waals surface area contributed by atoms with E-state index in [1.54, 1.807) is 26.0 Å². The van der Waals surface area contributed by atoms with Crippen LogP contribution in [0.2, 0.25) is 0 Å². The van der Waals surface area contributed by atoms with Gasteiger partial charge in [0.25, 0.3) is 5.91 Å². The minimum atomic E-state index is -3.61.